The number of carbonyl (C=O) groups is 1. The third kappa shape index (κ3) is 3.71. The SMILES string of the molecule is Cc1ccc(N2CCC(N[C@@H](CO)C(N)=O)CC2)cc1. The summed E-state index contributed by atoms with van der Waals surface area (Å²) < 4.78 is 0. The van der Waals surface area contributed by atoms with Gasteiger partial charge in [-0.3, -0.25) is 4.79 Å². The average molecular weight is 277 g/mol. The van der Waals surface area contributed by atoms with Crippen molar-refractivity contribution in [1.82, 2.24) is 5.32 Å². The molecule has 1 aliphatic rings. The maximum Gasteiger partial charge on any atom is 0.236 e. The van der Waals surface area contributed by atoms with Crippen LogP contribution in [-0.2, 0) is 4.79 Å². The fraction of sp³-hybridized carbons (Fsp3) is 0.533. The molecule has 1 aromatic carbocycles. The minimum atomic E-state index is -0.633. The Morgan fingerprint density at radius 2 is 2.00 bits per heavy atom. The molecular formula is C15H23N3O2. The molecule has 4 N–H and O–H groups in total. The first-order valence-electron chi connectivity index (χ1n) is 7.08. The predicted molar refractivity (Wildman–Crippen MR) is 79.6 cm³/mol. The van der Waals surface area contributed by atoms with Gasteiger partial charge in [0.1, 0.15) is 6.04 Å². The normalized spacial score (nSPS) is 18.0. The van der Waals surface area contributed by atoms with Crippen LogP contribution in [-0.4, -0.2) is 42.8 Å². The molecule has 0 radical (unpaired) electrons. The van der Waals surface area contributed by atoms with E-state index in [1.807, 2.05) is 0 Å². The minimum absolute atomic E-state index is 0.237. The van der Waals surface area contributed by atoms with E-state index in [2.05, 4.69) is 41.4 Å². The molecule has 1 aliphatic heterocycles. The van der Waals surface area contributed by atoms with Gasteiger partial charge in [0, 0.05) is 24.8 Å². The smallest absolute Gasteiger partial charge is 0.236 e. The first-order valence-corrected chi connectivity index (χ1v) is 7.08. The van der Waals surface area contributed by atoms with E-state index in [0.29, 0.717) is 0 Å². The largest absolute Gasteiger partial charge is 0.394 e. The van der Waals surface area contributed by atoms with Gasteiger partial charge in [0.15, 0.2) is 0 Å². The number of nitrogens with two attached hydrogens (primary N) is 1. The van der Waals surface area contributed by atoms with Gasteiger partial charge < -0.3 is 21.1 Å². The lowest BCUT2D eigenvalue weighted by Gasteiger charge is -2.35. The Balaban J connectivity index is 1.86. The number of nitrogens with one attached hydrogen (secondary N) is 1. The molecule has 0 aliphatic carbocycles. The Hall–Kier alpha value is -1.59. The van der Waals surface area contributed by atoms with Crippen LogP contribution in [0.15, 0.2) is 24.3 Å². The van der Waals surface area contributed by atoms with Crippen molar-refractivity contribution in [3.63, 3.8) is 0 Å². The zero-order chi connectivity index (χ0) is 14.5. The molecule has 0 aromatic heterocycles. The molecule has 2 rings (SSSR count). The van der Waals surface area contributed by atoms with Crippen LogP contribution in [0.4, 0.5) is 5.69 Å². The number of aliphatic hydroxyl groups excluding tert-OH is 1. The monoisotopic (exact) mass is 277 g/mol. The summed E-state index contributed by atoms with van der Waals surface area (Å²) in [5, 5.41) is 12.2. The first-order chi connectivity index (χ1) is 9.60. The highest BCUT2D eigenvalue weighted by Crippen LogP contribution is 2.20. The van der Waals surface area contributed by atoms with E-state index in [4.69, 9.17) is 10.8 Å². The van der Waals surface area contributed by atoms with Gasteiger partial charge in [0.05, 0.1) is 6.61 Å². The van der Waals surface area contributed by atoms with Gasteiger partial charge in [0.2, 0.25) is 5.91 Å². The van der Waals surface area contributed by atoms with Crippen LogP contribution in [0.25, 0.3) is 0 Å². The van der Waals surface area contributed by atoms with Crippen LogP contribution >= 0.6 is 0 Å². The predicted octanol–water partition coefficient (Wildman–Crippen LogP) is 0.400. The highest BCUT2D eigenvalue weighted by atomic mass is 16.3. The number of amides is 1. The quantitative estimate of drug-likeness (QED) is 0.728. The van der Waals surface area contributed by atoms with E-state index in [1.165, 1.54) is 11.3 Å². The lowest BCUT2D eigenvalue weighted by atomic mass is 10.0. The molecule has 1 atom stereocenters. The number of primary amides is 1. The summed E-state index contributed by atoms with van der Waals surface area (Å²) in [7, 11) is 0. The third-order valence-corrected chi connectivity index (χ3v) is 3.86. The molecular weight excluding hydrogens is 254 g/mol. The lowest BCUT2D eigenvalue weighted by Crippen LogP contribution is -2.52. The fourth-order valence-corrected chi connectivity index (χ4v) is 2.57. The van der Waals surface area contributed by atoms with Gasteiger partial charge in [-0.25, -0.2) is 0 Å². The van der Waals surface area contributed by atoms with Crippen molar-refractivity contribution in [3.05, 3.63) is 29.8 Å². The second kappa shape index (κ2) is 6.72. The van der Waals surface area contributed by atoms with Crippen LogP contribution in [0.1, 0.15) is 18.4 Å². The molecule has 0 bridgehead atoms. The summed E-state index contributed by atoms with van der Waals surface area (Å²) in [6, 6.07) is 8.13. The summed E-state index contributed by atoms with van der Waals surface area (Å²) in [5.41, 5.74) is 7.73. The maximum absolute atomic E-state index is 11.1. The molecule has 0 spiro atoms. The van der Waals surface area contributed by atoms with Crippen LogP contribution < -0.4 is 16.0 Å². The van der Waals surface area contributed by atoms with Crippen LogP contribution in [0, 0.1) is 6.92 Å². The van der Waals surface area contributed by atoms with Crippen LogP contribution in [0.3, 0.4) is 0 Å². The van der Waals surface area contributed by atoms with Crippen LogP contribution in [0.2, 0.25) is 0 Å². The number of nitrogens with zero attached hydrogens (tertiary/aromatic N) is 1. The molecule has 1 saturated heterocycles. The maximum atomic E-state index is 11.1. The number of rotatable bonds is 5. The Kier molecular flexibility index (Phi) is 4.98. The van der Waals surface area contributed by atoms with E-state index in [9.17, 15) is 4.79 Å². The molecule has 110 valence electrons. The van der Waals surface area contributed by atoms with E-state index in [0.717, 1.165) is 25.9 Å². The Bertz CT molecular complexity index is 439. The summed E-state index contributed by atoms with van der Waals surface area (Å²) in [6.45, 7) is 3.72. The van der Waals surface area contributed by atoms with E-state index < -0.39 is 11.9 Å². The van der Waals surface area contributed by atoms with Gasteiger partial charge >= 0.3 is 0 Å². The van der Waals surface area contributed by atoms with E-state index in [1.54, 1.807) is 0 Å². The van der Waals surface area contributed by atoms with Crippen molar-refractivity contribution < 1.29 is 9.90 Å². The van der Waals surface area contributed by atoms with Crippen molar-refractivity contribution in [2.45, 2.75) is 31.8 Å². The van der Waals surface area contributed by atoms with Crippen molar-refractivity contribution in [1.29, 1.82) is 0 Å². The summed E-state index contributed by atoms with van der Waals surface area (Å²) in [5.74, 6) is -0.492. The van der Waals surface area contributed by atoms with Gasteiger partial charge in [-0.1, -0.05) is 17.7 Å². The van der Waals surface area contributed by atoms with Crippen molar-refractivity contribution in [3.8, 4) is 0 Å². The lowest BCUT2D eigenvalue weighted by molar-refractivity contribution is -0.121. The van der Waals surface area contributed by atoms with Crippen LogP contribution in [0.5, 0.6) is 0 Å². The van der Waals surface area contributed by atoms with Gasteiger partial charge in [-0.2, -0.15) is 0 Å². The van der Waals surface area contributed by atoms with Crippen molar-refractivity contribution in [2.24, 2.45) is 5.73 Å². The van der Waals surface area contributed by atoms with E-state index >= 15 is 0 Å². The molecule has 1 amide bonds. The average Bonchev–Trinajstić information content (AvgIpc) is 2.46. The number of aliphatic hydroxyl groups is 1. The Morgan fingerprint density at radius 3 is 2.50 bits per heavy atom. The van der Waals surface area contributed by atoms with Crippen molar-refractivity contribution >= 4 is 11.6 Å². The summed E-state index contributed by atoms with van der Waals surface area (Å²) >= 11 is 0. The van der Waals surface area contributed by atoms with E-state index in [-0.39, 0.29) is 12.6 Å². The summed E-state index contributed by atoms with van der Waals surface area (Å²) in [6.07, 6.45) is 1.88. The second-order valence-corrected chi connectivity index (χ2v) is 5.40. The molecule has 0 unspecified atom stereocenters. The highest BCUT2D eigenvalue weighted by molar-refractivity contribution is 5.80. The number of piperidine rings is 1. The number of benzene rings is 1. The molecule has 5 nitrogen and oxygen atoms in total. The third-order valence-electron chi connectivity index (χ3n) is 3.86. The topological polar surface area (TPSA) is 78.6 Å². The number of aryl methyl sites for hydroxylation is 1. The molecule has 20 heavy (non-hydrogen) atoms. The molecule has 1 heterocycles. The Labute approximate surface area is 119 Å². The zero-order valence-electron chi connectivity index (χ0n) is 11.9. The molecule has 0 saturated carbocycles. The number of carbonyl (C=O) groups excluding carboxylic acids is 1. The van der Waals surface area contributed by atoms with Gasteiger partial charge in [-0.05, 0) is 31.9 Å². The molecule has 5 heteroatoms. The molecule has 1 fully saturated rings. The Morgan fingerprint density at radius 1 is 1.40 bits per heavy atom. The fourth-order valence-electron chi connectivity index (χ4n) is 2.57. The number of anilines is 1. The van der Waals surface area contributed by atoms with Crippen molar-refractivity contribution in [2.75, 3.05) is 24.6 Å². The van der Waals surface area contributed by atoms with Gasteiger partial charge in [0.25, 0.3) is 0 Å². The second-order valence-electron chi connectivity index (χ2n) is 5.40. The number of hydrogen-bond acceptors (Lipinski definition) is 4. The minimum Gasteiger partial charge on any atom is -0.394 e. The zero-order valence-corrected chi connectivity index (χ0v) is 11.9. The number of hydrogen-bond donors (Lipinski definition) is 3. The van der Waals surface area contributed by atoms with Gasteiger partial charge in [-0.15, -0.1) is 0 Å². The standard InChI is InChI=1S/C15H23N3O2/c1-11-2-4-13(5-3-11)18-8-6-12(7-9-18)17-14(10-19)15(16)20/h2-5,12,14,17,19H,6-10H2,1H3,(H2,16,20)/t14-/m0/s1. The molecule has 1 aromatic rings. The highest BCUT2D eigenvalue weighted by Gasteiger charge is 2.23. The first kappa shape index (κ1) is 14.8. The summed E-state index contributed by atoms with van der Waals surface area (Å²) in [4.78, 5) is 13.5.